The van der Waals surface area contributed by atoms with E-state index in [0.29, 0.717) is 12.2 Å². The van der Waals surface area contributed by atoms with Gasteiger partial charge in [0.25, 0.3) is 10.0 Å². The number of nitrogen functional groups attached to an aromatic ring is 1. The molecule has 0 bridgehead atoms. The minimum atomic E-state index is -3.75. The zero-order chi connectivity index (χ0) is 14.0. The molecule has 0 spiro atoms. The monoisotopic (exact) mass is 281 g/mol. The number of nitrogens with zero attached hydrogens (tertiary/aromatic N) is 3. The van der Waals surface area contributed by atoms with Gasteiger partial charge in [0.2, 0.25) is 0 Å². The number of nitrogens with one attached hydrogen (secondary N) is 1. The summed E-state index contributed by atoms with van der Waals surface area (Å²) in [5.74, 6) is -0.0177. The van der Waals surface area contributed by atoms with Crippen LogP contribution < -0.4 is 10.5 Å². The summed E-state index contributed by atoms with van der Waals surface area (Å²) in [6, 6.07) is 1.72. The van der Waals surface area contributed by atoms with Crippen LogP contribution in [0.3, 0.4) is 0 Å². The second-order valence-electron chi connectivity index (χ2n) is 4.03. The molecular formula is C11H15N5O2S. The van der Waals surface area contributed by atoms with Crippen molar-refractivity contribution in [2.75, 3.05) is 10.5 Å². The van der Waals surface area contributed by atoms with Crippen LogP contribution in [-0.2, 0) is 16.6 Å². The number of hydrogen-bond acceptors (Lipinski definition) is 5. The van der Waals surface area contributed by atoms with Gasteiger partial charge < -0.3 is 5.73 Å². The van der Waals surface area contributed by atoms with E-state index in [-0.39, 0.29) is 10.7 Å². The van der Waals surface area contributed by atoms with Gasteiger partial charge in [0, 0.05) is 18.9 Å². The molecule has 0 saturated heterocycles. The largest absolute Gasteiger partial charge is 0.381 e. The van der Waals surface area contributed by atoms with Gasteiger partial charge in [-0.1, -0.05) is 0 Å². The van der Waals surface area contributed by atoms with Crippen LogP contribution in [0.15, 0.2) is 29.6 Å². The van der Waals surface area contributed by atoms with Crippen LogP contribution in [0.5, 0.6) is 0 Å². The predicted molar refractivity (Wildman–Crippen MR) is 72.1 cm³/mol. The van der Waals surface area contributed by atoms with Crippen LogP contribution in [0.4, 0.5) is 11.5 Å². The van der Waals surface area contributed by atoms with Gasteiger partial charge in [0.05, 0.1) is 11.9 Å². The molecule has 0 amide bonds. The predicted octanol–water partition coefficient (Wildman–Crippen LogP) is 0.989. The first-order valence-corrected chi connectivity index (χ1v) is 7.18. The minimum absolute atomic E-state index is 0.0177. The van der Waals surface area contributed by atoms with E-state index in [1.54, 1.807) is 19.2 Å². The highest BCUT2D eigenvalue weighted by Gasteiger charge is 2.21. The number of rotatable bonds is 4. The molecule has 0 atom stereocenters. The lowest BCUT2D eigenvalue weighted by Crippen LogP contribution is -2.14. The summed E-state index contributed by atoms with van der Waals surface area (Å²) in [5, 5.41) is 3.92. The highest BCUT2D eigenvalue weighted by Crippen LogP contribution is 2.21. The molecule has 19 heavy (non-hydrogen) atoms. The smallest absolute Gasteiger partial charge is 0.267 e. The zero-order valence-electron chi connectivity index (χ0n) is 10.7. The average Bonchev–Trinajstić information content (AvgIpc) is 2.74. The highest BCUT2D eigenvalue weighted by molar-refractivity contribution is 7.92. The number of nitrogens with two attached hydrogens (primary N) is 1. The molecule has 0 unspecified atom stereocenters. The molecule has 7 nitrogen and oxygen atoms in total. The Morgan fingerprint density at radius 2 is 2.21 bits per heavy atom. The maximum Gasteiger partial charge on any atom is 0.267 e. The van der Waals surface area contributed by atoms with Crippen LogP contribution in [0.1, 0.15) is 12.5 Å². The molecule has 0 fully saturated rings. The molecule has 0 saturated carbocycles. The van der Waals surface area contributed by atoms with Gasteiger partial charge in [-0.25, -0.2) is 8.42 Å². The van der Waals surface area contributed by atoms with E-state index in [2.05, 4.69) is 14.8 Å². The Balaban J connectivity index is 2.38. The van der Waals surface area contributed by atoms with E-state index in [9.17, 15) is 8.42 Å². The van der Waals surface area contributed by atoms with Crippen molar-refractivity contribution in [1.29, 1.82) is 0 Å². The molecule has 0 aromatic carbocycles. The molecule has 3 N–H and O–H groups in total. The fourth-order valence-corrected chi connectivity index (χ4v) is 2.75. The third kappa shape index (κ3) is 2.68. The Hall–Kier alpha value is -2.09. The third-order valence-corrected chi connectivity index (χ3v) is 4.03. The minimum Gasteiger partial charge on any atom is -0.381 e. The molecule has 0 aliphatic heterocycles. The molecule has 0 aliphatic rings. The summed E-state index contributed by atoms with van der Waals surface area (Å²) in [7, 11) is -3.75. The zero-order valence-corrected chi connectivity index (χ0v) is 11.5. The first-order chi connectivity index (χ1) is 8.94. The van der Waals surface area contributed by atoms with Gasteiger partial charge in [-0.15, -0.1) is 0 Å². The van der Waals surface area contributed by atoms with Crippen molar-refractivity contribution in [2.45, 2.75) is 25.3 Å². The number of sulfonamides is 1. The summed E-state index contributed by atoms with van der Waals surface area (Å²) in [6.07, 6.45) is 4.45. The number of pyridine rings is 1. The molecule has 2 heterocycles. The van der Waals surface area contributed by atoms with Crippen molar-refractivity contribution in [3.63, 3.8) is 0 Å². The van der Waals surface area contributed by atoms with E-state index >= 15 is 0 Å². The Bertz CT molecular complexity index is 693. The summed E-state index contributed by atoms with van der Waals surface area (Å²) in [6.45, 7) is 4.19. The molecule has 0 aliphatic carbocycles. The van der Waals surface area contributed by atoms with Crippen molar-refractivity contribution in [3.8, 4) is 0 Å². The lowest BCUT2D eigenvalue weighted by molar-refractivity contribution is 0.600. The number of anilines is 2. The van der Waals surface area contributed by atoms with Gasteiger partial charge in [-0.3, -0.25) is 14.4 Å². The SMILES string of the molecule is CCn1cc(S(=O)(=O)Nc2cnccc2C)c(N)n1. The molecular weight excluding hydrogens is 266 g/mol. The molecule has 8 heteroatoms. The second-order valence-corrected chi connectivity index (χ2v) is 5.68. The van der Waals surface area contributed by atoms with Crippen LogP contribution in [-0.4, -0.2) is 23.2 Å². The van der Waals surface area contributed by atoms with Crippen LogP contribution >= 0.6 is 0 Å². The molecule has 2 aromatic heterocycles. The summed E-state index contributed by atoms with van der Waals surface area (Å²) in [5.41, 5.74) is 6.83. The quantitative estimate of drug-likeness (QED) is 0.870. The molecule has 2 rings (SSSR count). The summed E-state index contributed by atoms with van der Waals surface area (Å²) >= 11 is 0. The normalized spacial score (nSPS) is 11.5. The Kier molecular flexibility index (Phi) is 3.43. The Labute approximate surface area is 111 Å². The fourth-order valence-electron chi connectivity index (χ4n) is 1.56. The second kappa shape index (κ2) is 4.88. The number of aromatic nitrogens is 3. The van der Waals surface area contributed by atoms with E-state index in [1.165, 1.54) is 17.1 Å². The molecule has 0 radical (unpaired) electrons. The maximum absolute atomic E-state index is 12.2. The van der Waals surface area contributed by atoms with E-state index in [1.807, 2.05) is 6.92 Å². The van der Waals surface area contributed by atoms with E-state index in [0.717, 1.165) is 5.56 Å². The first-order valence-electron chi connectivity index (χ1n) is 5.70. The Morgan fingerprint density at radius 3 is 2.79 bits per heavy atom. The van der Waals surface area contributed by atoms with Crippen LogP contribution in [0.25, 0.3) is 0 Å². The van der Waals surface area contributed by atoms with Crippen molar-refractivity contribution in [1.82, 2.24) is 14.8 Å². The van der Waals surface area contributed by atoms with Crippen molar-refractivity contribution >= 4 is 21.5 Å². The maximum atomic E-state index is 12.2. The van der Waals surface area contributed by atoms with Crippen molar-refractivity contribution < 1.29 is 8.42 Å². The lowest BCUT2D eigenvalue weighted by Gasteiger charge is -2.08. The van der Waals surface area contributed by atoms with Crippen molar-refractivity contribution in [2.24, 2.45) is 0 Å². The van der Waals surface area contributed by atoms with Gasteiger partial charge in [0.1, 0.15) is 4.90 Å². The van der Waals surface area contributed by atoms with Gasteiger partial charge in [0.15, 0.2) is 5.82 Å². The van der Waals surface area contributed by atoms with Gasteiger partial charge in [-0.2, -0.15) is 5.10 Å². The fraction of sp³-hybridized carbons (Fsp3) is 0.273. The van der Waals surface area contributed by atoms with E-state index in [4.69, 9.17) is 5.73 Å². The van der Waals surface area contributed by atoms with Gasteiger partial charge in [-0.05, 0) is 25.5 Å². The standard InChI is InChI=1S/C11H15N5O2S/c1-3-16-7-10(11(12)14-16)19(17,18)15-9-6-13-5-4-8(9)2/h4-7,15H,3H2,1-2H3,(H2,12,14). The van der Waals surface area contributed by atoms with E-state index < -0.39 is 10.0 Å². The van der Waals surface area contributed by atoms with Crippen LogP contribution in [0.2, 0.25) is 0 Å². The molecule has 2 aromatic rings. The summed E-state index contributed by atoms with van der Waals surface area (Å²) < 4.78 is 28.4. The average molecular weight is 281 g/mol. The number of aryl methyl sites for hydroxylation is 2. The topological polar surface area (TPSA) is 103 Å². The van der Waals surface area contributed by atoms with Gasteiger partial charge >= 0.3 is 0 Å². The third-order valence-electron chi connectivity index (χ3n) is 2.65. The lowest BCUT2D eigenvalue weighted by atomic mass is 10.3. The first kappa shape index (κ1) is 13.3. The Morgan fingerprint density at radius 1 is 1.47 bits per heavy atom. The van der Waals surface area contributed by atoms with Crippen LogP contribution in [0, 0.1) is 6.92 Å². The number of hydrogen-bond donors (Lipinski definition) is 2. The molecule has 102 valence electrons. The highest BCUT2D eigenvalue weighted by atomic mass is 32.2. The van der Waals surface area contributed by atoms with Crippen molar-refractivity contribution in [3.05, 3.63) is 30.2 Å². The summed E-state index contributed by atoms with van der Waals surface area (Å²) in [4.78, 5) is 3.86.